The molecule has 0 spiro atoms. The summed E-state index contributed by atoms with van der Waals surface area (Å²) in [5.41, 5.74) is 0.579. The summed E-state index contributed by atoms with van der Waals surface area (Å²) in [6.45, 7) is 0.0668. The molecule has 0 saturated carbocycles. The first kappa shape index (κ1) is 10.7. The molecule has 2 rings (SSSR count). The molecule has 1 aliphatic carbocycles. The van der Waals surface area contributed by atoms with Crippen molar-refractivity contribution in [1.29, 1.82) is 0 Å². The van der Waals surface area contributed by atoms with Crippen LogP contribution in [0.4, 0.5) is 13.2 Å². The van der Waals surface area contributed by atoms with Crippen molar-refractivity contribution >= 4 is 21.9 Å². The van der Waals surface area contributed by atoms with E-state index in [1.54, 1.807) is 0 Å². The summed E-state index contributed by atoms with van der Waals surface area (Å²) in [6.07, 6.45) is -2.03. The third kappa shape index (κ3) is 1.82. The minimum absolute atomic E-state index is 0.0491. The zero-order valence-electron chi connectivity index (χ0n) is 7.34. The van der Waals surface area contributed by atoms with E-state index in [1.807, 2.05) is 0 Å². The van der Waals surface area contributed by atoms with Crippen LogP contribution in [0, 0.1) is 5.92 Å². The number of rotatable bonds is 0. The van der Waals surface area contributed by atoms with Gasteiger partial charge in [-0.1, -0.05) is 28.1 Å². The van der Waals surface area contributed by atoms with Gasteiger partial charge < -0.3 is 4.74 Å². The molecule has 0 radical (unpaired) electrons. The average Bonchev–Trinajstić information content (AvgIpc) is 2.44. The van der Waals surface area contributed by atoms with E-state index in [1.165, 1.54) is 6.08 Å². The lowest BCUT2D eigenvalue weighted by Crippen LogP contribution is -2.31. The summed E-state index contributed by atoms with van der Waals surface area (Å²) in [4.78, 5) is 10.2. The molecule has 2 nitrogen and oxygen atoms in total. The number of hydrogen-bond acceptors (Lipinski definition) is 2. The lowest BCUT2D eigenvalue weighted by molar-refractivity contribution is -0.158. The maximum absolute atomic E-state index is 12.5. The first-order valence-electron chi connectivity index (χ1n) is 4.20. The largest absolute Gasteiger partial charge is 0.457 e. The fourth-order valence-corrected chi connectivity index (χ4v) is 2.36. The monoisotopic (exact) mass is 282 g/mol. The molecule has 0 aromatic carbocycles. The van der Waals surface area contributed by atoms with E-state index in [4.69, 9.17) is 0 Å². The van der Waals surface area contributed by atoms with Gasteiger partial charge in [-0.2, -0.15) is 13.2 Å². The number of halogens is 4. The Balaban J connectivity index is 2.37. The summed E-state index contributed by atoms with van der Waals surface area (Å²) in [7, 11) is 0. The number of fused-ring (bicyclic) bond motifs is 1. The fourth-order valence-electron chi connectivity index (χ4n) is 1.59. The van der Waals surface area contributed by atoms with E-state index in [9.17, 15) is 18.0 Å². The number of hydrogen-bond donors (Lipinski definition) is 0. The van der Waals surface area contributed by atoms with E-state index >= 15 is 0 Å². The molecule has 1 unspecified atom stereocenters. The van der Waals surface area contributed by atoms with Gasteiger partial charge in [-0.25, -0.2) is 4.79 Å². The third-order valence-electron chi connectivity index (χ3n) is 2.35. The molecule has 1 heterocycles. The van der Waals surface area contributed by atoms with Crippen LogP contribution in [-0.4, -0.2) is 23.6 Å². The van der Waals surface area contributed by atoms with Crippen molar-refractivity contribution in [2.75, 3.05) is 6.61 Å². The number of alkyl halides is 4. The fraction of sp³-hybridized carbons (Fsp3) is 0.444. The molecule has 0 aromatic rings. The molecule has 6 heteroatoms. The van der Waals surface area contributed by atoms with Gasteiger partial charge in [-0.3, -0.25) is 0 Å². The van der Waals surface area contributed by atoms with Gasteiger partial charge >= 0.3 is 12.1 Å². The number of ether oxygens (including phenoxy) is 1. The SMILES string of the molecule is O=C1OCC2=CC(Br)[C@H](C(F)(F)F)C=C12. The van der Waals surface area contributed by atoms with Crippen molar-refractivity contribution in [3.63, 3.8) is 0 Å². The summed E-state index contributed by atoms with van der Waals surface area (Å²) < 4.78 is 42.2. The van der Waals surface area contributed by atoms with Crippen molar-refractivity contribution in [2.24, 2.45) is 5.92 Å². The number of allylic oxidation sites excluding steroid dienone is 2. The number of carbonyl (C=O) groups is 1. The van der Waals surface area contributed by atoms with Crippen LogP contribution in [0.5, 0.6) is 0 Å². The summed E-state index contributed by atoms with van der Waals surface area (Å²) in [5, 5.41) is 0. The van der Waals surface area contributed by atoms with Crippen LogP contribution in [0.25, 0.3) is 0 Å². The predicted molar refractivity (Wildman–Crippen MR) is 49.4 cm³/mol. The quantitative estimate of drug-likeness (QED) is 0.504. The molecule has 1 fully saturated rings. The number of esters is 1. The minimum atomic E-state index is -4.36. The molecule has 2 aliphatic rings. The second-order valence-electron chi connectivity index (χ2n) is 3.36. The minimum Gasteiger partial charge on any atom is -0.457 e. The average molecular weight is 283 g/mol. The molecule has 1 saturated heterocycles. The van der Waals surface area contributed by atoms with Crippen LogP contribution in [0.2, 0.25) is 0 Å². The lowest BCUT2D eigenvalue weighted by atomic mass is 9.91. The van der Waals surface area contributed by atoms with Gasteiger partial charge in [-0.15, -0.1) is 0 Å². The van der Waals surface area contributed by atoms with Gasteiger partial charge in [-0.05, 0) is 0 Å². The standard InChI is InChI=1S/C9H6BrF3O2/c10-7-1-4-3-15-8(14)5(4)2-6(7)9(11,12)13/h1-2,6-7H,3H2/t6-,7?/m1/s1. The Morgan fingerprint density at radius 3 is 2.67 bits per heavy atom. The molecule has 15 heavy (non-hydrogen) atoms. The topological polar surface area (TPSA) is 26.3 Å². The van der Waals surface area contributed by atoms with Crippen LogP contribution in [0.3, 0.4) is 0 Å². The summed E-state index contributed by atoms with van der Waals surface area (Å²) in [6, 6.07) is 0. The zero-order valence-corrected chi connectivity index (χ0v) is 8.93. The Morgan fingerprint density at radius 2 is 2.07 bits per heavy atom. The summed E-state index contributed by atoms with van der Waals surface area (Å²) >= 11 is 2.94. The molecule has 0 bridgehead atoms. The number of cyclic esters (lactones) is 1. The smallest absolute Gasteiger partial charge is 0.396 e. The van der Waals surface area contributed by atoms with Crippen LogP contribution in [0.15, 0.2) is 23.3 Å². The van der Waals surface area contributed by atoms with Gasteiger partial charge in [0.15, 0.2) is 0 Å². The Kier molecular flexibility index (Phi) is 2.41. The van der Waals surface area contributed by atoms with Crippen molar-refractivity contribution < 1.29 is 22.7 Å². The van der Waals surface area contributed by atoms with E-state index in [0.717, 1.165) is 6.08 Å². The molecule has 82 valence electrons. The Morgan fingerprint density at radius 1 is 1.40 bits per heavy atom. The lowest BCUT2D eigenvalue weighted by Gasteiger charge is -2.23. The Bertz CT molecular complexity index is 370. The van der Waals surface area contributed by atoms with Crippen molar-refractivity contribution in [3.05, 3.63) is 23.3 Å². The second-order valence-corrected chi connectivity index (χ2v) is 4.42. The molecule has 2 atom stereocenters. The highest BCUT2D eigenvalue weighted by atomic mass is 79.9. The first-order valence-corrected chi connectivity index (χ1v) is 5.12. The summed E-state index contributed by atoms with van der Waals surface area (Å²) in [5.74, 6) is -2.34. The van der Waals surface area contributed by atoms with E-state index in [2.05, 4.69) is 20.7 Å². The van der Waals surface area contributed by atoms with E-state index in [-0.39, 0.29) is 12.2 Å². The molecular weight excluding hydrogens is 277 g/mol. The van der Waals surface area contributed by atoms with Crippen LogP contribution in [-0.2, 0) is 9.53 Å². The van der Waals surface area contributed by atoms with Gasteiger partial charge in [0, 0.05) is 10.4 Å². The Labute approximate surface area is 91.9 Å². The van der Waals surface area contributed by atoms with E-state index < -0.39 is 22.9 Å². The van der Waals surface area contributed by atoms with E-state index in [0.29, 0.717) is 5.57 Å². The molecule has 0 aromatic heterocycles. The maximum Gasteiger partial charge on any atom is 0.396 e. The van der Waals surface area contributed by atoms with Crippen molar-refractivity contribution in [2.45, 2.75) is 11.0 Å². The van der Waals surface area contributed by atoms with Gasteiger partial charge in [0.1, 0.15) is 6.61 Å². The van der Waals surface area contributed by atoms with Crippen LogP contribution in [0.1, 0.15) is 0 Å². The molecule has 0 amide bonds. The third-order valence-corrected chi connectivity index (χ3v) is 3.19. The van der Waals surface area contributed by atoms with Gasteiger partial charge in [0.05, 0.1) is 11.5 Å². The van der Waals surface area contributed by atoms with Gasteiger partial charge in [0.25, 0.3) is 0 Å². The van der Waals surface area contributed by atoms with Gasteiger partial charge in [0.2, 0.25) is 0 Å². The second kappa shape index (κ2) is 3.37. The maximum atomic E-state index is 12.5. The highest BCUT2D eigenvalue weighted by Crippen LogP contribution is 2.40. The first-order chi connectivity index (χ1) is 6.89. The highest BCUT2D eigenvalue weighted by Gasteiger charge is 2.45. The normalized spacial score (nSPS) is 30.5. The zero-order chi connectivity index (χ0) is 11.2. The molecular formula is C9H6BrF3O2. The highest BCUT2D eigenvalue weighted by molar-refractivity contribution is 9.09. The van der Waals surface area contributed by atoms with Crippen molar-refractivity contribution in [3.8, 4) is 0 Å². The predicted octanol–water partition coefficient (Wildman–Crippen LogP) is 2.35. The van der Waals surface area contributed by atoms with Crippen molar-refractivity contribution in [1.82, 2.24) is 0 Å². The number of carbonyl (C=O) groups excluding carboxylic acids is 1. The molecule has 1 aliphatic heterocycles. The molecule has 0 N–H and O–H groups in total. The van der Waals surface area contributed by atoms with Crippen LogP contribution >= 0.6 is 15.9 Å². The Hall–Kier alpha value is -0.780. The van der Waals surface area contributed by atoms with Crippen LogP contribution < -0.4 is 0 Å².